The quantitative estimate of drug-likeness (QED) is 0.462. The summed E-state index contributed by atoms with van der Waals surface area (Å²) in [4.78, 5) is 22.9. The number of nitrogens with one attached hydrogen (secondary N) is 3. The lowest BCUT2D eigenvalue weighted by Gasteiger charge is -2.45. The summed E-state index contributed by atoms with van der Waals surface area (Å²) in [6.45, 7) is 5.48. The van der Waals surface area contributed by atoms with E-state index in [1.165, 1.54) is 0 Å². The average molecular weight is 197 g/mol. The Balaban J connectivity index is 2.37. The summed E-state index contributed by atoms with van der Waals surface area (Å²) in [6.07, 6.45) is 0.650. The molecule has 3 amide bonds. The van der Waals surface area contributed by atoms with Gasteiger partial charge in [0.1, 0.15) is 5.54 Å². The predicted molar refractivity (Wildman–Crippen MR) is 50.7 cm³/mol. The molecule has 0 bridgehead atoms. The fraction of sp³-hybridized carbons (Fsp3) is 0.778. The number of imide groups is 1. The lowest BCUT2D eigenvalue weighted by atomic mass is 9.68. The molecule has 0 aromatic rings. The number of carbonyl (C=O) groups excluding carboxylic acids is 2. The Morgan fingerprint density at radius 1 is 1.29 bits per heavy atom. The first kappa shape index (κ1) is 9.45. The molecular formula is C9H15N3O2. The number of carbonyl (C=O) groups is 2. The summed E-state index contributed by atoms with van der Waals surface area (Å²) < 4.78 is 0. The van der Waals surface area contributed by atoms with Crippen LogP contribution >= 0.6 is 0 Å². The molecule has 2 heterocycles. The Bertz CT molecular complexity index is 300. The molecule has 0 aliphatic carbocycles. The number of hydrogen-bond acceptors (Lipinski definition) is 3. The zero-order valence-electron chi connectivity index (χ0n) is 8.44. The molecule has 1 spiro atoms. The largest absolute Gasteiger partial charge is 0.323 e. The van der Waals surface area contributed by atoms with Gasteiger partial charge in [0.25, 0.3) is 5.91 Å². The Labute approximate surface area is 82.6 Å². The number of urea groups is 1. The van der Waals surface area contributed by atoms with Gasteiger partial charge in [0.2, 0.25) is 0 Å². The van der Waals surface area contributed by atoms with Crippen LogP contribution in [0.15, 0.2) is 0 Å². The summed E-state index contributed by atoms with van der Waals surface area (Å²) >= 11 is 0. The molecule has 2 aliphatic rings. The molecule has 2 fully saturated rings. The van der Waals surface area contributed by atoms with Crippen LogP contribution in [0.4, 0.5) is 4.79 Å². The van der Waals surface area contributed by atoms with Crippen LogP contribution in [-0.4, -0.2) is 30.6 Å². The van der Waals surface area contributed by atoms with Gasteiger partial charge in [0.05, 0.1) is 0 Å². The molecule has 2 rings (SSSR count). The van der Waals surface area contributed by atoms with Crippen molar-refractivity contribution in [1.82, 2.24) is 16.0 Å². The smallest absolute Gasteiger partial charge is 0.322 e. The molecule has 0 saturated carbocycles. The van der Waals surface area contributed by atoms with Crippen molar-refractivity contribution in [3.05, 3.63) is 0 Å². The molecule has 5 nitrogen and oxygen atoms in total. The van der Waals surface area contributed by atoms with Crippen molar-refractivity contribution in [2.75, 3.05) is 13.1 Å². The van der Waals surface area contributed by atoms with E-state index >= 15 is 0 Å². The van der Waals surface area contributed by atoms with Gasteiger partial charge in [-0.2, -0.15) is 0 Å². The van der Waals surface area contributed by atoms with Gasteiger partial charge in [-0.15, -0.1) is 0 Å². The minimum atomic E-state index is -0.713. The minimum Gasteiger partial charge on any atom is -0.323 e. The van der Waals surface area contributed by atoms with Crippen LogP contribution in [0.2, 0.25) is 0 Å². The van der Waals surface area contributed by atoms with Gasteiger partial charge in [0, 0.05) is 12.0 Å². The van der Waals surface area contributed by atoms with Crippen LogP contribution < -0.4 is 16.0 Å². The van der Waals surface area contributed by atoms with Crippen molar-refractivity contribution in [3.8, 4) is 0 Å². The normalized spacial score (nSPS) is 35.6. The van der Waals surface area contributed by atoms with E-state index in [-0.39, 0.29) is 17.4 Å². The lowest BCUT2D eigenvalue weighted by Crippen LogP contribution is -2.65. The van der Waals surface area contributed by atoms with Crippen molar-refractivity contribution in [1.29, 1.82) is 0 Å². The highest BCUT2D eigenvalue weighted by Gasteiger charge is 2.57. The number of piperidine rings is 1. The van der Waals surface area contributed by atoms with Crippen molar-refractivity contribution >= 4 is 11.9 Å². The summed E-state index contributed by atoms with van der Waals surface area (Å²) in [7, 11) is 0. The molecule has 5 heteroatoms. The molecule has 2 aliphatic heterocycles. The SMILES string of the molecule is CC1(C)CNCC[C@@]12NC(=O)NC2=O. The van der Waals surface area contributed by atoms with E-state index in [1.807, 2.05) is 13.8 Å². The van der Waals surface area contributed by atoms with Gasteiger partial charge in [-0.25, -0.2) is 4.79 Å². The van der Waals surface area contributed by atoms with Crippen LogP contribution in [0, 0.1) is 5.41 Å². The second-order valence-corrected chi connectivity index (χ2v) is 4.62. The van der Waals surface area contributed by atoms with E-state index in [1.54, 1.807) is 0 Å². The van der Waals surface area contributed by atoms with Crippen LogP contribution in [0.3, 0.4) is 0 Å². The number of rotatable bonds is 0. The average Bonchev–Trinajstić information content (AvgIpc) is 2.35. The number of amides is 3. The predicted octanol–water partition coefficient (Wildman–Crippen LogP) is -0.416. The van der Waals surface area contributed by atoms with Crippen molar-refractivity contribution in [2.24, 2.45) is 5.41 Å². The van der Waals surface area contributed by atoms with Crippen LogP contribution in [-0.2, 0) is 4.79 Å². The highest BCUT2D eigenvalue weighted by Crippen LogP contribution is 2.37. The first-order valence-corrected chi connectivity index (χ1v) is 4.82. The van der Waals surface area contributed by atoms with Gasteiger partial charge < -0.3 is 10.6 Å². The Morgan fingerprint density at radius 3 is 2.50 bits per heavy atom. The topological polar surface area (TPSA) is 70.2 Å². The fourth-order valence-electron chi connectivity index (χ4n) is 2.31. The molecular weight excluding hydrogens is 182 g/mol. The third kappa shape index (κ3) is 1.05. The second-order valence-electron chi connectivity index (χ2n) is 4.62. The minimum absolute atomic E-state index is 0.186. The van der Waals surface area contributed by atoms with E-state index in [0.29, 0.717) is 6.42 Å². The van der Waals surface area contributed by atoms with Crippen LogP contribution in [0.5, 0.6) is 0 Å². The van der Waals surface area contributed by atoms with Crippen molar-refractivity contribution in [3.63, 3.8) is 0 Å². The Morgan fingerprint density at radius 2 is 2.00 bits per heavy atom. The molecule has 0 aromatic heterocycles. The standard InChI is InChI=1S/C9H15N3O2/c1-8(2)5-10-4-3-9(8)6(13)11-7(14)12-9/h10H,3-5H2,1-2H3,(H2,11,12,13,14)/t9-/m0/s1. The zero-order chi connectivity index (χ0) is 10.4. The maximum Gasteiger partial charge on any atom is 0.322 e. The van der Waals surface area contributed by atoms with Crippen molar-refractivity contribution < 1.29 is 9.59 Å². The monoisotopic (exact) mass is 197 g/mol. The summed E-state index contributed by atoms with van der Waals surface area (Å²) in [5.74, 6) is -0.186. The Kier molecular flexibility index (Phi) is 1.82. The molecule has 0 aromatic carbocycles. The summed E-state index contributed by atoms with van der Waals surface area (Å²) in [5.41, 5.74) is -0.961. The molecule has 0 radical (unpaired) electrons. The maximum atomic E-state index is 11.8. The highest BCUT2D eigenvalue weighted by molar-refractivity contribution is 6.07. The van der Waals surface area contributed by atoms with E-state index in [4.69, 9.17) is 0 Å². The summed E-state index contributed by atoms with van der Waals surface area (Å²) in [5, 5.41) is 8.32. The lowest BCUT2D eigenvalue weighted by molar-refractivity contribution is -0.129. The molecule has 14 heavy (non-hydrogen) atoms. The fourth-order valence-corrected chi connectivity index (χ4v) is 2.31. The molecule has 0 unspecified atom stereocenters. The first-order valence-electron chi connectivity index (χ1n) is 4.82. The zero-order valence-corrected chi connectivity index (χ0v) is 8.44. The van der Waals surface area contributed by atoms with Gasteiger partial charge in [-0.1, -0.05) is 13.8 Å². The van der Waals surface area contributed by atoms with E-state index in [0.717, 1.165) is 13.1 Å². The van der Waals surface area contributed by atoms with Crippen LogP contribution in [0.25, 0.3) is 0 Å². The van der Waals surface area contributed by atoms with E-state index in [9.17, 15) is 9.59 Å². The Hall–Kier alpha value is -1.10. The molecule has 3 N–H and O–H groups in total. The summed E-state index contributed by atoms with van der Waals surface area (Å²) in [6, 6.07) is -0.370. The maximum absolute atomic E-state index is 11.8. The van der Waals surface area contributed by atoms with Crippen molar-refractivity contribution in [2.45, 2.75) is 25.8 Å². The second kappa shape index (κ2) is 2.70. The molecule has 78 valence electrons. The van der Waals surface area contributed by atoms with Gasteiger partial charge in [0.15, 0.2) is 0 Å². The molecule has 2 saturated heterocycles. The third-order valence-electron chi connectivity index (χ3n) is 3.34. The first-order chi connectivity index (χ1) is 6.48. The van der Waals surface area contributed by atoms with Gasteiger partial charge >= 0.3 is 6.03 Å². The van der Waals surface area contributed by atoms with E-state index < -0.39 is 5.54 Å². The molecule has 1 atom stereocenters. The van der Waals surface area contributed by atoms with Gasteiger partial charge in [-0.05, 0) is 13.0 Å². The van der Waals surface area contributed by atoms with Crippen LogP contribution in [0.1, 0.15) is 20.3 Å². The number of hydrogen-bond donors (Lipinski definition) is 3. The van der Waals surface area contributed by atoms with E-state index in [2.05, 4.69) is 16.0 Å². The van der Waals surface area contributed by atoms with Gasteiger partial charge in [-0.3, -0.25) is 10.1 Å². The third-order valence-corrected chi connectivity index (χ3v) is 3.34. The highest BCUT2D eigenvalue weighted by atomic mass is 16.2.